The van der Waals surface area contributed by atoms with Gasteiger partial charge in [-0.2, -0.15) is 8.42 Å². The van der Waals surface area contributed by atoms with E-state index in [9.17, 15) is 16.8 Å². The lowest BCUT2D eigenvalue weighted by Gasteiger charge is -2.16. The van der Waals surface area contributed by atoms with Crippen LogP contribution in [0.5, 0.6) is 5.75 Å². The van der Waals surface area contributed by atoms with Gasteiger partial charge in [0.15, 0.2) is 9.84 Å². The minimum atomic E-state index is -4.27. The van der Waals surface area contributed by atoms with Crippen molar-refractivity contribution in [2.24, 2.45) is 0 Å². The molecule has 5 nitrogen and oxygen atoms in total. The molecule has 7 heteroatoms. The van der Waals surface area contributed by atoms with Crippen LogP contribution in [0, 0.1) is 0 Å². The average Bonchev–Trinajstić information content (AvgIpc) is 2.53. The summed E-state index contributed by atoms with van der Waals surface area (Å²) < 4.78 is 54.3. The normalized spacial score (nSPS) is 13.5. The lowest BCUT2D eigenvalue weighted by Crippen LogP contribution is -2.15. The van der Waals surface area contributed by atoms with Gasteiger partial charge in [0.1, 0.15) is 10.6 Å². The van der Waals surface area contributed by atoms with Gasteiger partial charge in [0.05, 0.1) is 4.90 Å². The number of hydrogen-bond acceptors (Lipinski definition) is 5. The van der Waals surface area contributed by atoms with Crippen LogP contribution in [0.2, 0.25) is 0 Å². The van der Waals surface area contributed by atoms with E-state index in [2.05, 4.69) is 0 Å². The smallest absolute Gasteiger partial charge is 0.340 e. The second-order valence-electron chi connectivity index (χ2n) is 5.60. The Morgan fingerprint density at radius 3 is 2.04 bits per heavy atom. The topological polar surface area (TPSA) is 77.5 Å². The fourth-order valence-corrected chi connectivity index (χ4v) is 4.87. The van der Waals surface area contributed by atoms with Crippen molar-refractivity contribution in [3.8, 4) is 5.75 Å². The van der Waals surface area contributed by atoms with E-state index in [1.54, 1.807) is 12.1 Å². The van der Waals surface area contributed by atoms with Crippen molar-refractivity contribution in [2.45, 2.75) is 36.0 Å². The number of benzene rings is 2. The van der Waals surface area contributed by atoms with Crippen molar-refractivity contribution < 1.29 is 21.0 Å². The van der Waals surface area contributed by atoms with Crippen LogP contribution in [0.25, 0.3) is 0 Å². The molecule has 0 N–H and O–H groups in total. The molecule has 0 heterocycles. The first kappa shape index (κ1) is 18.5. The molecular weight excluding hydrogens is 348 g/mol. The van der Waals surface area contributed by atoms with Gasteiger partial charge in [-0.05, 0) is 36.1 Å². The molecule has 0 aliphatic rings. The third-order valence-corrected chi connectivity index (χ3v) is 6.36. The molecule has 0 aromatic heterocycles. The summed E-state index contributed by atoms with van der Waals surface area (Å²) in [6, 6.07) is 12.3. The Morgan fingerprint density at radius 1 is 0.917 bits per heavy atom. The summed E-state index contributed by atoms with van der Waals surface area (Å²) in [5.74, 6) is 0.330. The highest BCUT2D eigenvalue weighted by atomic mass is 32.2. The van der Waals surface area contributed by atoms with E-state index in [0.29, 0.717) is 0 Å². The van der Waals surface area contributed by atoms with Gasteiger partial charge in [-0.3, -0.25) is 0 Å². The third kappa shape index (κ3) is 3.96. The number of hydrogen-bond donors (Lipinski definition) is 0. The molecule has 0 aliphatic heterocycles. The van der Waals surface area contributed by atoms with Gasteiger partial charge in [0.2, 0.25) is 0 Å². The van der Waals surface area contributed by atoms with Gasteiger partial charge < -0.3 is 4.18 Å². The Balaban J connectivity index is 2.53. The predicted octanol–water partition coefficient (Wildman–Crippen LogP) is 3.37. The fourth-order valence-electron chi connectivity index (χ4n) is 2.31. The Bertz CT molecular complexity index is 931. The van der Waals surface area contributed by atoms with Crippen LogP contribution in [-0.2, 0) is 20.0 Å². The SMILES string of the molecule is CC[C@@H](C)c1ccccc1OS(=O)(=O)c1ccccc1S(C)(=O)=O. The van der Waals surface area contributed by atoms with Crippen LogP contribution in [0.3, 0.4) is 0 Å². The second kappa shape index (κ2) is 6.94. The summed E-state index contributed by atoms with van der Waals surface area (Å²) in [6.45, 7) is 3.97. The van der Waals surface area contributed by atoms with Crippen LogP contribution in [-0.4, -0.2) is 23.1 Å². The first-order chi connectivity index (χ1) is 11.2. The van der Waals surface area contributed by atoms with Crippen LogP contribution in [0.1, 0.15) is 31.7 Å². The molecule has 0 aliphatic carbocycles. The van der Waals surface area contributed by atoms with Gasteiger partial charge in [0.25, 0.3) is 0 Å². The molecular formula is C17H20O5S2. The third-order valence-electron chi connectivity index (χ3n) is 3.78. The molecule has 2 rings (SSSR count). The van der Waals surface area contributed by atoms with E-state index in [4.69, 9.17) is 4.18 Å². The zero-order chi connectivity index (χ0) is 18.0. The molecule has 0 bridgehead atoms. The molecule has 1 atom stereocenters. The van der Waals surface area contributed by atoms with E-state index in [-0.39, 0.29) is 21.5 Å². The van der Waals surface area contributed by atoms with Crippen LogP contribution in [0.4, 0.5) is 0 Å². The molecule has 0 fully saturated rings. The number of sulfone groups is 1. The standard InChI is InChI=1S/C17H20O5S2/c1-4-13(2)14-9-5-6-10-15(14)22-24(20,21)17-12-8-7-11-16(17)23(3,18)19/h5-13H,4H2,1-3H3/t13-/m1/s1. The van der Waals surface area contributed by atoms with Gasteiger partial charge in [-0.1, -0.05) is 44.2 Å². The van der Waals surface area contributed by atoms with E-state index in [1.165, 1.54) is 24.3 Å². The quantitative estimate of drug-likeness (QED) is 0.731. The van der Waals surface area contributed by atoms with Crippen LogP contribution in [0.15, 0.2) is 58.3 Å². The lowest BCUT2D eigenvalue weighted by molar-refractivity contribution is 0.477. The van der Waals surface area contributed by atoms with Crippen LogP contribution >= 0.6 is 0 Å². The zero-order valence-electron chi connectivity index (χ0n) is 13.8. The van der Waals surface area contributed by atoms with E-state index < -0.39 is 20.0 Å². The molecule has 0 amide bonds. The Labute approximate surface area is 143 Å². The summed E-state index contributed by atoms with van der Waals surface area (Å²) >= 11 is 0. The van der Waals surface area contributed by atoms with E-state index in [0.717, 1.165) is 18.2 Å². The first-order valence-corrected chi connectivity index (χ1v) is 10.8. The minimum absolute atomic E-state index is 0.113. The highest BCUT2D eigenvalue weighted by molar-refractivity contribution is 7.92. The average molecular weight is 368 g/mol. The van der Waals surface area contributed by atoms with E-state index >= 15 is 0 Å². The molecule has 0 unspecified atom stereocenters. The Kier molecular flexibility index (Phi) is 5.35. The Hall–Kier alpha value is -1.86. The summed E-state index contributed by atoms with van der Waals surface area (Å²) in [5, 5.41) is 0. The molecule has 0 saturated heterocycles. The largest absolute Gasteiger partial charge is 0.379 e. The molecule has 0 radical (unpaired) electrons. The summed E-state index contributed by atoms with van der Waals surface area (Å²) in [7, 11) is -7.97. The number of para-hydroxylation sites is 1. The van der Waals surface area contributed by atoms with Crippen molar-refractivity contribution in [1.29, 1.82) is 0 Å². The van der Waals surface area contributed by atoms with Crippen molar-refractivity contribution >= 4 is 20.0 Å². The lowest BCUT2D eigenvalue weighted by atomic mass is 9.98. The van der Waals surface area contributed by atoms with Gasteiger partial charge >= 0.3 is 10.1 Å². The molecule has 130 valence electrons. The van der Waals surface area contributed by atoms with Crippen molar-refractivity contribution in [3.05, 3.63) is 54.1 Å². The van der Waals surface area contributed by atoms with Gasteiger partial charge in [-0.15, -0.1) is 0 Å². The Morgan fingerprint density at radius 2 is 1.46 bits per heavy atom. The molecule has 2 aromatic carbocycles. The van der Waals surface area contributed by atoms with Gasteiger partial charge in [-0.25, -0.2) is 8.42 Å². The molecule has 24 heavy (non-hydrogen) atoms. The van der Waals surface area contributed by atoms with Gasteiger partial charge in [0, 0.05) is 6.26 Å². The maximum Gasteiger partial charge on any atom is 0.340 e. The summed E-state index contributed by atoms with van der Waals surface area (Å²) in [4.78, 5) is -0.627. The first-order valence-electron chi connectivity index (χ1n) is 7.49. The molecule has 2 aromatic rings. The maximum atomic E-state index is 12.6. The fraction of sp³-hybridized carbons (Fsp3) is 0.294. The van der Waals surface area contributed by atoms with Crippen molar-refractivity contribution in [1.82, 2.24) is 0 Å². The summed E-state index contributed by atoms with van der Waals surface area (Å²) in [6.07, 6.45) is 1.79. The summed E-state index contributed by atoms with van der Waals surface area (Å²) in [5.41, 5.74) is 0.764. The van der Waals surface area contributed by atoms with E-state index in [1.807, 2.05) is 26.0 Å². The molecule has 0 spiro atoms. The van der Waals surface area contributed by atoms with Crippen molar-refractivity contribution in [3.63, 3.8) is 0 Å². The highest BCUT2D eigenvalue weighted by Gasteiger charge is 2.26. The van der Waals surface area contributed by atoms with Crippen molar-refractivity contribution in [2.75, 3.05) is 6.26 Å². The minimum Gasteiger partial charge on any atom is -0.379 e. The second-order valence-corrected chi connectivity index (χ2v) is 9.10. The number of rotatable bonds is 6. The molecule has 0 saturated carbocycles. The highest BCUT2D eigenvalue weighted by Crippen LogP contribution is 2.31. The maximum absolute atomic E-state index is 12.6. The predicted molar refractivity (Wildman–Crippen MR) is 92.5 cm³/mol. The zero-order valence-corrected chi connectivity index (χ0v) is 15.4. The van der Waals surface area contributed by atoms with Crippen LogP contribution < -0.4 is 4.18 Å². The monoisotopic (exact) mass is 368 g/mol.